The lowest BCUT2D eigenvalue weighted by molar-refractivity contribution is 0.790. The highest BCUT2D eigenvalue weighted by Gasteiger charge is 2.13. The average molecular weight is 295 g/mol. The first-order chi connectivity index (χ1) is 10.3. The van der Waals surface area contributed by atoms with Crippen molar-refractivity contribution in [3.63, 3.8) is 0 Å². The smallest absolute Gasteiger partial charge is 0.197 e. The summed E-state index contributed by atoms with van der Waals surface area (Å²) in [4.78, 5) is 12.4. The van der Waals surface area contributed by atoms with E-state index >= 15 is 0 Å². The van der Waals surface area contributed by atoms with Gasteiger partial charge in [0.25, 0.3) is 0 Å². The summed E-state index contributed by atoms with van der Waals surface area (Å²) in [6.07, 6.45) is 4.68. The van der Waals surface area contributed by atoms with Gasteiger partial charge in [0.15, 0.2) is 16.7 Å². The van der Waals surface area contributed by atoms with Crippen LogP contribution in [-0.4, -0.2) is 29.7 Å². The molecular weight excluding hydrogens is 286 g/mol. The molecule has 0 aromatic carbocycles. The van der Waals surface area contributed by atoms with Gasteiger partial charge in [-0.1, -0.05) is 6.07 Å². The first-order valence-corrected chi connectivity index (χ1v) is 6.80. The van der Waals surface area contributed by atoms with Crippen molar-refractivity contribution in [2.24, 2.45) is 7.05 Å². The minimum atomic E-state index is 0.284. The zero-order valence-corrected chi connectivity index (χ0v) is 11.8. The third-order valence-corrected chi connectivity index (χ3v) is 3.63. The molecule has 0 radical (unpaired) electrons. The summed E-state index contributed by atoms with van der Waals surface area (Å²) in [5.41, 5.74) is 1.04. The van der Waals surface area contributed by atoms with Crippen LogP contribution in [0.25, 0.3) is 11.5 Å². The monoisotopic (exact) mass is 295 g/mol. The SMILES string of the molecule is Cn1c(Sc2cnc(C#N)cn2)nnc1-c1ccccn1. The third-order valence-electron chi connectivity index (χ3n) is 2.67. The summed E-state index contributed by atoms with van der Waals surface area (Å²) in [5.74, 6) is 0.680. The van der Waals surface area contributed by atoms with E-state index in [0.29, 0.717) is 16.0 Å². The molecule has 0 spiro atoms. The second-order valence-electron chi connectivity index (χ2n) is 4.03. The maximum atomic E-state index is 8.70. The van der Waals surface area contributed by atoms with E-state index in [-0.39, 0.29) is 5.69 Å². The minimum absolute atomic E-state index is 0.284. The molecule has 0 aliphatic heterocycles. The highest BCUT2D eigenvalue weighted by atomic mass is 32.2. The van der Waals surface area contributed by atoms with Gasteiger partial charge in [0.1, 0.15) is 16.8 Å². The van der Waals surface area contributed by atoms with Crippen LogP contribution >= 0.6 is 11.8 Å². The molecule has 0 saturated carbocycles. The number of hydrogen-bond acceptors (Lipinski definition) is 7. The van der Waals surface area contributed by atoms with Crippen LogP contribution in [0.5, 0.6) is 0 Å². The van der Waals surface area contributed by atoms with Crippen molar-refractivity contribution in [2.75, 3.05) is 0 Å². The predicted molar refractivity (Wildman–Crippen MR) is 75.1 cm³/mol. The zero-order chi connectivity index (χ0) is 14.7. The fourth-order valence-corrected chi connectivity index (χ4v) is 2.34. The van der Waals surface area contributed by atoms with Crippen molar-refractivity contribution in [1.82, 2.24) is 29.7 Å². The third kappa shape index (κ3) is 2.73. The molecular formula is C13H9N7S. The summed E-state index contributed by atoms with van der Waals surface area (Å²) < 4.78 is 1.84. The highest BCUT2D eigenvalue weighted by Crippen LogP contribution is 2.26. The molecule has 0 aliphatic carbocycles. The molecule has 102 valence electrons. The van der Waals surface area contributed by atoms with Gasteiger partial charge in [0, 0.05) is 13.2 Å². The summed E-state index contributed by atoms with van der Waals surface area (Å²) in [5, 5.41) is 18.3. The Morgan fingerprint density at radius 1 is 1.14 bits per heavy atom. The molecule has 0 aliphatic rings. The van der Waals surface area contributed by atoms with Gasteiger partial charge in [-0.15, -0.1) is 10.2 Å². The van der Waals surface area contributed by atoms with Crippen molar-refractivity contribution in [1.29, 1.82) is 5.26 Å². The van der Waals surface area contributed by atoms with Crippen LogP contribution in [0.2, 0.25) is 0 Å². The zero-order valence-electron chi connectivity index (χ0n) is 11.0. The van der Waals surface area contributed by atoms with E-state index in [1.807, 2.05) is 35.9 Å². The molecule has 3 heterocycles. The Labute approximate surface area is 124 Å². The van der Waals surface area contributed by atoms with Crippen LogP contribution in [0.4, 0.5) is 0 Å². The Morgan fingerprint density at radius 3 is 2.71 bits per heavy atom. The fraction of sp³-hybridized carbons (Fsp3) is 0.0769. The van der Waals surface area contributed by atoms with Gasteiger partial charge in [-0.3, -0.25) is 4.98 Å². The molecule has 0 N–H and O–H groups in total. The van der Waals surface area contributed by atoms with Crippen LogP contribution in [0.3, 0.4) is 0 Å². The molecule has 21 heavy (non-hydrogen) atoms. The van der Waals surface area contributed by atoms with E-state index in [4.69, 9.17) is 5.26 Å². The van der Waals surface area contributed by atoms with E-state index < -0.39 is 0 Å². The van der Waals surface area contributed by atoms with Crippen LogP contribution in [0, 0.1) is 11.3 Å². The summed E-state index contributed by atoms with van der Waals surface area (Å²) in [6.45, 7) is 0. The van der Waals surface area contributed by atoms with Gasteiger partial charge in [-0.2, -0.15) is 5.26 Å². The molecule has 3 aromatic rings. The van der Waals surface area contributed by atoms with Gasteiger partial charge >= 0.3 is 0 Å². The van der Waals surface area contributed by atoms with Crippen molar-refractivity contribution < 1.29 is 0 Å². The summed E-state index contributed by atoms with van der Waals surface area (Å²) in [6, 6.07) is 7.55. The average Bonchev–Trinajstić information content (AvgIpc) is 2.90. The second kappa shape index (κ2) is 5.68. The lowest BCUT2D eigenvalue weighted by Crippen LogP contribution is -1.96. The fourth-order valence-electron chi connectivity index (χ4n) is 1.64. The first-order valence-electron chi connectivity index (χ1n) is 5.98. The normalized spacial score (nSPS) is 10.3. The predicted octanol–water partition coefficient (Wildman–Crippen LogP) is 1.69. The number of rotatable bonds is 3. The number of nitrogens with zero attached hydrogens (tertiary/aromatic N) is 7. The molecule has 0 saturated heterocycles. The molecule has 7 nitrogen and oxygen atoms in total. The minimum Gasteiger partial charge on any atom is -0.304 e. The Hall–Kier alpha value is -2.79. The van der Waals surface area contributed by atoms with Gasteiger partial charge in [0.2, 0.25) is 0 Å². The Bertz CT molecular complexity index is 790. The van der Waals surface area contributed by atoms with Crippen molar-refractivity contribution in [3.05, 3.63) is 42.5 Å². The molecule has 0 unspecified atom stereocenters. The quantitative estimate of drug-likeness (QED) is 0.725. The van der Waals surface area contributed by atoms with Crippen LogP contribution in [0.1, 0.15) is 5.69 Å². The lowest BCUT2D eigenvalue weighted by Gasteiger charge is -2.02. The number of hydrogen-bond donors (Lipinski definition) is 0. The van der Waals surface area contributed by atoms with Crippen molar-refractivity contribution in [3.8, 4) is 17.6 Å². The highest BCUT2D eigenvalue weighted by molar-refractivity contribution is 7.99. The molecule has 8 heteroatoms. The van der Waals surface area contributed by atoms with E-state index in [2.05, 4.69) is 25.1 Å². The van der Waals surface area contributed by atoms with E-state index in [1.165, 1.54) is 18.0 Å². The van der Waals surface area contributed by atoms with E-state index in [1.54, 1.807) is 12.4 Å². The topological polar surface area (TPSA) is 93.2 Å². The Balaban J connectivity index is 1.87. The van der Waals surface area contributed by atoms with Gasteiger partial charge in [-0.05, 0) is 23.9 Å². The number of pyridine rings is 1. The Kier molecular flexibility index (Phi) is 3.57. The molecule has 0 fully saturated rings. The number of aromatic nitrogens is 6. The lowest BCUT2D eigenvalue weighted by atomic mass is 10.3. The largest absolute Gasteiger partial charge is 0.304 e. The van der Waals surface area contributed by atoms with Gasteiger partial charge in [-0.25, -0.2) is 9.97 Å². The molecule has 3 rings (SSSR count). The standard InChI is InChI=1S/C13H9N7S/c1-20-12(10-4-2-3-5-15-10)18-19-13(20)21-11-8-16-9(6-14)7-17-11/h2-5,7-8H,1H3. The van der Waals surface area contributed by atoms with Crippen LogP contribution in [-0.2, 0) is 7.05 Å². The van der Waals surface area contributed by atoms with Gasteiger partial charge < -0.3 is 4.57 Å². The molecule has 3 aromatic heterocycles. The summed E-state index contributed by atoms with van der Waals surface area (Å²) in [7, 11) is 1.86. The van der Waals surface area contributed by atoms with Crippen LogP contribution in [0.15, 0.2) is 47.0 Å². The van der Waals surface area contributed by atoms with Gasteiger partial charge in [0.05, 0.1) is 12.4 Å². The molecule has 0 amide bonds. The second-order valence-corrected chi connectivity index (χ2v) is 5.02. The van der Waals surface area contributed by atoms with Crippen molar-refractivity contribution in [2.45, 2.75) is 10.2 Å². The summed E-state index contributed by atoms with van der Waals surface area (Å²) >= 11 is 1.33. The maximum Gasteiger partial charge on any atom is 0.197 e. The first kappa shape index (κ1) is 13.2. The maximum absolute atomic E-state index is 8.70. The number of nitriles is 1. The Morgan fingerprint density at radius 2 is 2.05 bits per heavy atom. The van der Waals surface area contributed by atoms with E-state index in [9.17, 15) is 0 Å². The molecule has 0 atom stereocenters. The van der Waals surface area contributed by atoms with Crippen LogP contribution < -0.4 is 0 Å². The molecule has 0 bridgehead atoms. The van der Waals surface area contributed by atoms with E-state index in [0.717, 1.165) is 5.69 Å². The van der Waals surface area contributed by atoms with Crippen molar-refractivity contribution >= 4 is 11.8 Å².